The molecule has 0 amide bonds. The standard InChI is InChI=1S/C25H29ClN4OS/c1-16-17(2)30(20-10-7-9-19(26)15-20)18(3)22(16)24-23(21-11-5-6-12-27-21)28-25(32)29(24)13-8-14-31-4/h5-7,9-12,15,23-24H,8,13-14H2,1-4H3,(H,28,32)/t23-,24+/m0/s1. The summed E-state index contributed by atoms with van der Waals surface area (Å²) in [7, 11) is 1.73. The molecular weight excluding hydrogens is 440 g/mol. The van der Waals surface area contributed by atoms with Gasteiger partial charge in [0.2, 0.25) is 0 Å². The largest absolute Gasteiger partial charge is 0.385 e. The van der Waals surface area contributed by atoms with Crippen molar-refractivity contribution in [2.24, 2.45) is 0 Å². The number of nitrogens with one attached hydrogen (secondary N) is 1. The lowest BCUT2D eigenvalue weighted by Crippen LogP contribution is -2.31. The van der Waals surface area contributed by atoms with Crippen molar-refractivity contribution < 1.29 is 4.74 Å². The minimum atomic E-state index is -0.0294. The number of nitrogens with zero attached hydrogens (tertiary/aromatic N) is 3. The molecule has 0 saturated carbocycles. The van der Waals surface area contributed by atoms with Crippen LogP contribution in [-0.4, -0.2) is 39.8 Å². The monoisotopic (exact) mass is 468 g/mol. The Hall–Kier alpha value is -2.41. The van der Waals surface area contributed by atoms with Gasteiger partial charge in [-0.05, 0) is 75.3 Å². The van der Waals surface area contributed by atoms with Gasteiger partial charge in [0.25, 0.3) is 0 Å². The van der Waals surface area contributed by atoms with Gasteiger partial charge < -0.3 is 19.5 Å². The molecule has 3 heterocycles. The second-order valence-corrected chi connectivity index (χ2v) is 9.01. The summed E-state index contributed by atoms with van der Waals surface area (Å²) in [4.78, 5) is 6.96. The average molecular weight is 469 g/mol. The first kappa shape index (κ1) is 22.8. The summed E-state index contributed by atoms with van der Waals surface area (Å²) in [6, 6.07) is 14.0. The molecule has 32 heavy (non-hydrogen) atoms. The van der Waals surface area contributed by atoms with Crippen LogP contribution in [0.25, 0.3) is 5.69 Å². The van der Waals surface area contributed by atoms with Crippen LogP contribution in [-0.2, 0) is 4.74 Å². The van der Waals surface area contributed by atoms with E-state index in [1.54, 1.807) is 7.11 Å². The molecule has 1 N–H and O–H groups in total. The smallest absolute Gasteiger partial charge is 0.170 e. The van der Waals surface area contributed by atoms with E-state index in [1.165, 1.54) is 22.5 Å². The molecule has 5 nitrogen and oxygen atoms in total. The van der Waals surface area contributed by atoms with Crippen LogP contribution >= 0.6 is 23.8 Å². The van der Waals surface area contributed by atoms with Crippen molar-refractivity contribution >= 4 is 28.9 Å². The first-order valence-corrected chi connectivity index (χ1v) is 11.6. The lowest BCUT2D eigenvalue weighted by Gasteiger charge is -2.29. The normalized spacial score (nSPS) is 18.3. The predicted octanol–water partition coefficient (Wildman–Crippen LogP) is 5.46. The first-order chi connectivity index (χ1) is 15.4. The highest BCUT2D eigenvalue weighted by Gasteiger charge is 2.42. The van der Waals surface area contributed by atoms with Crippen molar-refractivity contribution in [1.82, 2.24) is 19.8 Å². The van der Waals surface area contributed by atoms with E-state index in [0.717, 1.165) is 34.5 Å². The van der Waals surface area contributed by atoms with Crippen LogP contribution in [0.1, 0.15) is 46.7 Å². The van der Waals surface area contributed by atoms with Crippen LogP contribution in [0.15, 0.2) is 48.7 Å². The third kappa shape index (κ3) is 4.15. The van der Waals surface area contributed by atoms with Crippen molar-refractivity contribution in [1.29, 1.82) is 0 Å². The number of thiocarbonyl (C=S) groups is 1. The third-order valence-corrected chi connectivity index (χ3v) is 6.90. The van der Waals surface area contributed by atoms with Gasteiger partial charge in [0.05, 0.1) is 17.8 Å². The Morgan fingerprint density at radius 2 is 1.94 bits per heavy atom. The molecule has 1 aliphatic rings. The van der Waals surface area contributed by atoms with Gasteiger partial charge >= 0.3 is 0 Å². The van der Waals surface area contributed by atoms with Crippen LogP contribution in [0.3, 0.4) is 0 Å². The van der Waals surface area contributed by atoms with E-state index >= 15 is 0 Å². The Morgan fingerprint density at radius 1 is 1.12 bits per heavy atom. The molecule has 1 aromatic carbocycles. The lowest BCUT2D eigenvalue weighted by molar-refractivity contribution is 0.180. The highest BCUT2D eigenvalue weighted by atomic mass is 35.5. The molecule has 0 aliphatic carbocycles. The van der Waals surface area contributed by atoms with Crippen molar-refractivity contribution in [3.8, 4) is 5.69 Å². The number of hydrogen-bond donors (Lipinski definition) is 1. The number of aromatic nitrogens is 2. The maximum absolute atomic E-state index is 6.32. The van der Waals surface area contributed by atoms with E-state index in [1.807, 2.05) is 36.5 Å². The Kier molecular flexibility index (Phi) is 6.84. The topological polar surface area (TPSA) is 42.3 Å². The fraction of sp³-hybridized carbons (Fsp3) is 0.360. The molecule has 2 aromatic heterocycles. The third-order valence-electron chi connectivity index (χ3n) is 6.31. The summed E-state index contributed by atoms with van der Waals surface area (Å²) >= 11 is 12.1. The van der Waals surface area contributed by atoms with Gasteiger partial charge in [-0.3, -0.25) is 4.98 Å². The zero-order valence-electron chi connectivity index (χ0n) is 18.9. The minimum Gasteiger partial charge on any atom is -0.385 e. The van der Waals surface area contributed by atoms with E-state index in [2.05, 4.69) is 52.7 Å². The minimum absolute atomic E-state index is 0.0294. The average Bonchev–Trinajstić information content (AvgIpc) is 3.21. The Balaban J connectivity index is 1.85. The summed E-state index contributed by atoms with van der Waals surface area (Å²) in [5.74, 6) is 0. The van der Waals surface area contributed by atoms with Gasteiger partial charge in [-0.25, -0.2) is 0 Å². The van der Waals surface area contributed by atoms with E-state index < -0.39 is 0 Å². The van der Waals surface area contributed by atoms with E-state index in [4.69, 9.17) is 28.6 Å². The van der Waals surface area contributed by atoms with Gasteiger partial charge in [0.15, 0.2) is 5.11 Å². The molecule has 3 aromatic rings. The Bertz CT molecular complexity index is 1110. The van der Waals surface area contributed by atoms with Crippen LogP contribution in [0, 0.1) is 20.8 Å². The molecule has 7 heteroatoms. The summed E-state index contributed by atoms with van der Waals surface area (Å²) < 4.78 is 7.60. The number of benzene rings is 1. The van der Waals surface area contributed by atoms with Crippen LogP contribution in [0.2, 0.25) is 5.02 Å². The second-order valence-electron chi connectivity index (χ2n) is 8.19. The van der Waals surface area contributed by atoms with Crippen molar-refractivity contribution in [3.05, 3.63) is 81.9 Å². The zero-order valence-corrected chi connectivity index (χ0v) is 20.5. The van der Waals surface area contributed by atoms with E-state index in [0.29, 0.717) is 6.61 Å². The maximum atomic E-state index is 6.32. The molecule has 0 bridgehead atoms. The van der Waals surface area contributed by atoms with Crippen molar-refractivity contribution in [2.45, 2.75) is 39.3 Å². The molecule has 1 saturated heterocycles. The van der Waals surface area contributed by atoms with Gasteiger partial charge in [0.1, 0.15) is 0 Å². The second kappa shape index (κ2) is 9.61. The molecule has 4 rings (SSSR count). The quantitative estimate of drug-likeness (QED) is 0.368. The van der Waals surface area contributed by atoms with Crippen LogP contribution in [0.4, 0.5) is 0 Å². The summed E-state index contributed by atoms with van der Waals surface area (Å²) in [5.41, 5.74) is 6.99. The molecular formula is C25H29ClN4OS. The highest BCUT2D eigenvalue weighted by molar-refractivity contribution is 7.80. The molecule has 0 radical (unpaired) electrons. The SMILES string of the molecule is COCCCN1C(=S)N[C@@H](c2ccccn2)[C@H]1c1c(C)c(C)n(-c2cccc(Cl)c2)c1C. The molecule has 1 fully saturated rings. The van der Waals surface area contributed by atoms with Gasteiger partial charge in [0, 0.05) is 54.1 Å². The molecule has 2 atom stereocenters. The van der Waals surface area contributed by atoms with Gasteiger partial charge in [-0.15, -0.1) is 0 Å². The van der Waals surface area contributed by atoms with Crippen molar-refractivity contribution in [2.75, 3.05) is 20.3 Å². The number of methoxy groups -OCH3 is 1. The molecule has 0 spiro atoms. The summed E-state index contributed by atoms with van der Waals surface area (Å²) in [6.07, 6.45) is 2.74. The number of halogens is 1. The van der Waals surface area contributed by atoms with Gasteiger partial charge in [-0.1, -0.05) is 23.7 Å². The predicted molar refractivity (Wildman–Crippen MR) is 134 cm³/mol. The van der Waals surface area contributed by atoms with Crippen molar-refractivity contribution in [3.63, 3.8) is 0 Å². The maximum Gasteiger partial charge on any atom is 0.170 e. The zero-order chi connectivity index (χ0) is 22.8. The number of pyridine rings is 1. The van der Waals surface area contributed by atoms with E-state index in [9.17, 15) is 0 Å². The highest BCUT2D eigenvalue weighted by Crippen LogP contribution is 2.43. The number of rotatable bonds is 7. The Morgan fingerprint density at radius 3 is 2.62 bits per heavy atom. The molecule has 1 aliphatic heterocycles. The van der Waals surface area contributed by atoms with Crippen LogP contribution in [0.5, 0.6) is 0 Å². The van der Waals surface area contributed by atoms with Crippen LogP contribution < -0.4 is 5.32 Å². The first-order valence-electron chi connectivity index (χ1n) is 10.9. The molecule has 168 valence electrons. The van der Waals surface area contributed by atoms with Gasteiger partial charge in [-0.2, -0.15) is 0 Å². The summed E-state index contributed by atoms with van der Waals surface area (Å²) in [6.45, 7) is 8.05. The fourth-order valence-corrected chi connectivity index (χ4v) is 5.30. The lowest BCUT2D eigenvalue weighted by atomic mass is 9.93. The summed E-state index contributed by atoms with van der Waals surface area (Å²) in [5, 5.41) is 5.04. The fourth-order valence-electron chi connectivity index (χ4n) is 4.78. The Labute approximate surface area is 200 Å². The van der Waals surface area contributed by atoms with E-state index in [-0.39, 0.29) is 12.1 Å². The molecule has 0 unspecified atom stereocenters. The number of ether oxygens (including phenoxy) is 1. The number of hydrogen-bond acceptors (Lipinski definition) is 3.